The van der Waals surface area contributed by atoms with Crippen LogP contribution >= 0.6 is 23.2 Å². The van der Waals surface area contributed by atoms with Crippen LogP contribution in [0.15, 0.2) is 69.9 Å². The Bertz CT molecular complexity index is 2270. The molecule has 3 aromatic rings. The number of aliphatic carboxylic acids is 3. The van der Waals surface area contributed by atoms with Gasteiger partial charge in [-0.25, -0.2) is 9.59 Å². The average Bonchev–Trinajstić information content (AvgIpc) is 3.03. The monoisotopic (exact) mass is 764 g/mol. The minimum Gasteiger partial charge on any atom is -1.00 e. The summed E-state index contributed by atoms with van der Waals surface area (Å²) in [5.41, 5.74) is -0.579. The van der Waals surface area contributed by atoms with E-state index in [0.717, 1.165) is 23.1 Å². The van der Waals surface area contributed by atoms with Crippen molar-refractivity contribution in [1.29, 1.82) is 0 Å². The third kappa shape index (κ3) is 8.80. The number of hydrogen-bond donors (Lipinski definition) is 6. The molecule has 0 saturated heterocycles. The van der Waals surface area contributed by atoms with Gasteiger partial charge in [-0.3, -0.25) is 19.2 Å². The number of carboxylic acid groups (broad SMARTS) is 4. The fourth-order valence-electron chi connectivity index (χ4n) is 5.14. The third-order valence-corrected chi connectivity index (χ3v) is 7.78. The normalized spacial score (nSPS) is 10.7. The summed E-state index contributed by atoms with van der Waals surface area (Å²) in [6.07, 6.45) is 0. The van der Waals surface area contributed by atoms with Crippen LogP contribution in [-0.2, 0) is 14.4 Å². The molecule has 6 N–H and O–H groups in total. The van der Waals surface area contributed by atoms with Gasteiger partial charge in [-0.1, -0.05) is 29.3 Å². The molecule has 2 aliphatic rings. The zero-order valence-electron chi connectivity index (χ0n) is 27.1. The number of carbonyl (C=O) groups is 5. The SMILES string of the molecule is O=C(O)COc1cc(NC(=O)c2ccc(-c3c4cc(Cl)c(=O)cc-4oc4cc(O)c(Cl)cc34)c(C(=O)O)c2)ccc1N(CC(=O)O)CC(=O)O.[H-].[K+]. The molecular weight excluding hydrogens is 742 g/mol. The third-order valence-electron chi connectivity index (χ3n) is 7.18. The van der Waals surface area contributed by atoms with Gasteiger partial charge in [-0.05, 0) is 42.0 Å². The number of hydrogen-bond acceptors (Lipinski definition) is 10. The summed E-state index contributed by atoms with van der Waals surface area (Å²) in [5, 5.41) is 50.6. The second-order valence-electron chi connectivity index (χ2n) is 10.6. The summed E-state index contributed by atoms with van der Waals surface area (Å²) in [5.74, 6) is -6.99. The molecular formula is C33H23Cl2KN2O13. The Morgan fingerprint density at radius 1 is 0.824 bits per heavy atom. The molecule has 0 radical (unpaired) electrons. The number of benzene rings is 4. The molecule has 51 heavy (non-hydrogen) atoms. The molecule has 15 nitrogen and oxygen atoms in total. The molecule has 0 bridgehead atoms. The van der Waals surface area contributed by atoms with Gasteiger partial charge in [0.05, 0.1) is 21.3 Å². The first-order valence-electron chi connectivity index (χ1n) is 14.1. The van der Waals surface area contributed by atoms with Crippen molar-refractivity contribution in [3.8, 4) is 33.9 Å². The van der Waals surface area contributed by atoms with Crippen molar-refractivity contribution in [2.24, 2.45) is 0 Å². The van der Waals surface area contributed by atoms with Crippen molar-refractivity contribution < 1.29 is 111 Å². The second kappa shape index (κ2) is 16.1. The predicted octanol–water partition coefficient (Wildman–Crippen LogP) is 2.08. The van der Waals surface area contributed by atoms with Crippen molar-refractivity contribution in [2.45, 2.75) is 0 Å². The van der Waals surface area contributed by atoms with E-state index in [1.54, 1.807) is 0 Å². The maximum absolute atomic E-state index is 13.4. The first-order chi connectivity index (χ1) is 23.6. The summed E-state index contributed by atoms with van der Waals surface area (Å²) < 4.78 is 11.1. The predicted molar refractivity (Wildman–Crippen MR) is 179 cm³/mol. The van der Waals surface area contributed by atoms with Crippen LogP contribution in [0.1, 0.15) is 22.1 Å². The first-order valence-corrected chi connectivity index (χ1v) is 14.8. The summed E-state index contributed by atoms with van der Waals surface area (Å²) >= 11 is 12.3. The number of amides is 1. The summed E-state index contributed by atoms with van der Waals surface area (Å²) in [7, 11) is 0. The van der Waals surface area contributed by atoms with Crippen LogP contribution in [0.3, 0.4) is 0 Å². The van der Waals surface area contributed by atoms with Gasteiger partial charge in [0.25, 0.3) is 5.91 Å². The Labute approximate surface area is 339 Å². The van der Waals surface area contributed by atoms with Gasteiger partial charge >= 0.3 is 75.3 Å². The Hall–Kier alpha value is -4.68. The number of phenols is 1. The maximum atomic E-state index is 13.4. The molecule has 5 rings (SSSR count). The number of carboxylic acids is 4. The number of fused-ring (bicyclic) bond motifs is 2. The van der Waals surface area contributed by atoms with Crippen molar-refractivity contribution in [3.63, 3.8) is 0 Å². The van der Waals surface area contributed by atoms with Gasteiger partial charge in [-0.2, -0.15) is 0 Å². The smallest absolute Gasteiger partial charge is 1.00 e. The van der Waals surface area contributed by atoms with Crippen LogP contribution in [0, 0.1) is 0 Å². The molecule has 18 heteroatoms. The number of rotatable bonds is 12. The van der Waals surface area contributed by atoms with E-state index in [9.17, 15) is 49.2 Å². The van der Waals surface area contributed by atoms with Crippen LogP contribution in [0.4, 0.5) is 11.4 Å². The van der Waals surface area contributed by atoms with Gasteiger partial charge in [0.1, 0.15) is 35.9 Å². The van der Waals surface area contributed by atoms with Gasteiger partial charge in [-0.15, -0.1) is 0 Å². The first kappa shape index (κ1) is 39.1. The summed E-state index contributed by atoms with van der Waals surface area (Å²) in [6, 6.07) is 12.3. The fraction of sp³-hybridized carbons (Fsp3) is 0.0909. The van der Waals surface area contributed by atoms with E-state index in [1.807, 2.05) is 0 Å². The summed E-state index contributed by atoms with van der Waals surface area (Å²) in [4.78, 5) is 73.2. The molecule has 0 unspecified atom stereocenters. The van der Waals surface area contributed by atoms with Crippen molar-refractivity contribution in [2.75, 3.05) is 29.9 Å². The van der Waals surface area contributed by atoms with E-state index < -0.39 is 54.9 Å². The molecule has 0 saturated carbocycles. The number of ether oxygens (including phenoxy) is 1. The van der Waals surface area contributed by atoms with Crippen molar-refractivity contribution in [3.05, 3.63) is 92.1 Å². The topological polar surface area (TPSA) is 241 Å². The molecule has 1 aliphatic carbocycles. The van der Waals surface area contributed by atoms with E-state index in [4.69, 9.17) is 37.5 Å². The Kier molecular flexibility index (Phi) is 12.4. The van der Waals surface area contributed by atoms with E-state index in [0.29, 0.717) is 0 Å². The zero-order chi connectivity index (χ0) is 36.4. The molecule has 0 aromatic heterocycles. The molecule has 1 amide bonds. The number of halogens is 2. The van der Waals surface area contributed by atoms with Crippen LogP contribution in [0.5, 0.6) is 11.5 Å². The fourth-order valence-corrected chi connectivity index (χ4v) is 5.46. The molecule has 0 fully saturated rings. The largest absolute Gasteiger partial charge is 1.00 e. The number of anilines is 2. The number of nitrogens with zero attached hydrogens (tertiary/aromatic N) is 1. The molecule has 0 spiro atoms. The summed E-state index contributed by atoms with van der Waals surface area (Å²) in [6.45, 7) is -2.43. The maximum Gasteiger partial charge on any atom is 1.00 e. The van der Waals surface area contributed by atoms with Crippen molar-refractivity contribution >= 4 is 75.3 Å². The van der Waals surface area contributed by atoms with Gasteiger partial charge in [0.2, 0.25) is 5.43 Å². The van der Waals surface area contributed by atoms with Crippen LogP contribution in [0.25, 0.3) is 33.4 Å². The Morgan fingerprint density at radius 3 is 2.14 bits per heavy atom. The minimum atomic E-state index is -1.45. The Balaban J connectivity index is 0.00000364. The van der Waals surface area contributed by atoms with Crippen LogP contribution in [-0.4, -0.2) is 75.0 Å². The number of carbonyl (C=O) groups excluding carboxylic acids is 1. The zero-order valence-corrected chi connectivity index (χ0v) is 30.7. The van der Waals surface area contributed by atoms with E-state index in [1.165, 1.54) is 42.5 Å². The van der Waals surface area contributed by atoms with Crippen molar-refractivity contribution in [1.82, 2.24) is 0 Å². The molecule has 0 atom stereocenters. The number of nitrogens with one attached hydrogen (secondary N) is 1. The minimum absolute atomic E-state index is 0. The van der Waals surface area contributed by atoms with Crippen LogP contribution in [0.2, 0.25) is 10.0 Å². The number of aromatic hydroxyl groups is 1. The quantitative estimate of drug-likeness (QED) is 0.0788. The molecule has 3 aromatic carbocycles. The van der Waals surface area contributed by atoms with E-state index in [2.05, 4.69) is 5.32 Å². The van der Waals surface area contributed by atoms with Gasteiger partial charge in [0, 0.05) is 46.0 Å². The van der Waals surface area contributed by atoms with Gasteiger partial charge < -0.3 is 46.3 Å². The molecule has 1 aliphatic heterocycles. The molecule has 1 heterocycles. The molecule has 258 valence electrons. The number of aromatic carboxylic acids is 1. The van der Waals surface area contributed by atoms with Gasteiger partial charge in [0.15, 0.2) is 6.61 Å². The van der Waals surface area contributed by atoms with E-state index in [-0.39, 0.29) is 130 Å². The second-order valence-corrected chi connectivity index (χ2v) is 11.4. The van der Waals surface area contributed by atoms with Crippen LogP contribution < -0.4 is 71.8 Å². The number of phenolic OH excluding ortho intramolecular Hbond substituents is 1. The standard InChI is InChI=1S/C33H22Cl2N2O13.K.H/c34-20-7-18-25(9-23(20)38)50-26-10-24(39)21(35)8-19(26)31(18)16-3-1-14(5-17(16)33(47)48)32(46)36-15-2-4-22(27(6-15)49-13-30(44)45)37(11-28(40)41)12-29(42)43;;/h1-10,38H,11-13H2,(H,36,46)(H,40,41)(H,42,43)(H,44,45)(H,47,48);;/q;+1;-1. The average molecular weight is 766 g/mol. The van der Waals surface area contributed by atoms with E-state index >= 15 is 0 Å². The Morgan fingerprint density at radius 2 is 1.51 bits per heavy atom.